The molecule has 1 heterocycles. The van der Waals surface area contributed by atoms with Gasteiger partial charge in [0.15, 0.2) is 0 Å². The molecule has 1 aliphatic rings. The number of carbonyl (C=O) groups excluding carboxylic acids is 2. The SMILES string of the molecule is CCc1ccc(N2C[C@H](C(=O)N[C@@H](Cc3ccccc3)c3ccccc3)CC2=O)cc1. The summed E-state index contributed by atoms with van der Waals surface area (Å²) in [5, 5.41) is 3.22. The number of nitrogens with one attached hydrogen (secondary N) is 1. The van der Waals surface area contributed by atoms with Crippen LogP contribution in [0.3, 0.4) is 0 Å². The van der Waals surface area contributed by atoms with E-state index in [2.05, 4.69) is 24.4 Å². The molecule has 0 spiro atoms. The fraction of sp³-hybridized carbons (Fsp3) is 0.259. The first kappa shape index (κ1) is 20.9. The Hall–Kier alpha value is -3.40. The van der Waals surface area contributed by atoms with Crippen LogP contribution < -0.4 is 10.2 Å². The van der Waals surface area contributed by atoms with Crippen LogP contribution in [0.5, 0.6) is 0 Å². The van der Waals surface area contributed by atoms with Gasteiger partial charge in [-0.25, -0.2) is 0 Å². The topological polar surface area (TPSA) is 49.4 Å². The second-order valence-corrected chi connectivity index (χ2v) is 8.09. The second-order valence-electron chi connectivity index (χ2n) is 8.09. The number of anilines is 1. The molecule has 158 valence electrons. The number of carbonyl (C=O) groups is 2. The molecule has 3 aromatic carbocycles. The number of hydrogen-bond acceptors (Lipinski definition) is 2. The third-order valence-electron chi connectivity index (χ3n) is 5.95. The average Bonchev–Trinajstić information content (AvgIpc) is 3.21. The van der Waals surface area contributed by atoms with Gasteiger partial charge >= 0.3 is 0 Å². The number of benzene rings is 3. The molecular formula is C27H28N2O2. The van der Waals surface area contributed by atoms with Crippen molar-refractivity contribution in [3.05, 3.63) is 102 Å². The van der Waals surface area contributed by atoms with Crippen molar-refractivity contribution in [2.24, 2.45) is 5.92 Å². The van der Waals surface area contributed by atoms with E-state index in [-0.39, 0.29) is 30.2 Å². The fourth-order valence-corrected chi connectivity index (χ4v) is 4.12. The van der Waals surface area contributed by atoms with Crippen LogP contribution in [0.25, 0.3) is 0 Å². The van der Waals surface area contributed by atoms with E-state index in [0.29, 0.717) is 13.0 Å². The summed E-state index contributed by atoms with van der Waals surface area (Å²) < 4.78 is 0. The Balaban J connectivity index is 1.47. The van der Waals surface area contributed by atoms with Gasteiger partial charge in [-0.1, -0.05) is 79.7 Å². The first-order valence-corrected chi connectivity index (χ1v) is 10.9. The lowest BCUT2D eigenvalue weighted by molar-refractivity contribution is -0.127. The highest BCUT2D eigenvalue weighted by atomic mass is 16.2. The van der Waals surface area contributed by atoms with E-state index in [1.54, 1.807) is 4.90 Å². The van der Waals surface area contributed by atoms with Gasteiger partial charge in [-0.15, -0.1) is 0 Å². The predicted molar refractivity (Wildman–Crippen MR) is 124 cm³/mol. The molecule has 31 heavy (non-hydrogen) atoms. The van der Waals surface area contributed by atoms with Crippen LogP contribution in [0.4, 0.5) is 5.69 Å². The van der Waals surface area contributed by atoms with E-state index in [0.717, 1.165) is 23.2 Å². The standard InChI is InChI=1S/C27H28N2O2/c1-2-20-13-15-24(16-14-20)29-19-23(18-26(29)30)27(31)28-25(22-11-7-4-8-12-22)17-21-9-5-3-6-10-21/h3-16,23,25H,2,17-19H2,1H3,(H,28,31)/t23-,25+/m1/s1. The molecule has 0 aromatic heterocycles. The lowest BCUT2D eigenvalue weighted by atomic mass is 9.97. The minimum Gasteiger partial charge on any atom is -0.349 e. The predicted octanol–water partition coefficient (Wildman–Crippen LogP) is 4.70. The summed E-state index contributed by atoms with van der Waals surface area (Å²) in [6.07, 6.45) is 1.91. The summed E-state index contributed by atoms with van der Waals surface area (Å²) in [4.78, 5) is 27.5. The first-order chi connectivity index (χ1) is 15.1. The Labute approximate surface area is 183 Å². The third kappa shape index (κ3) is 5.02. The van der Waals surface area contributed by atoms with Gasteiger partial charge in [-0.2, -0.15) is 0 Å². The molecule has 1 aliphatic heterocycles. The summed E-state index contributed by atoms with van der Waals surface area (Å²) >= 11 is 0. The number of aryl methyl sites for hydroxylation is 1. The van der Waals surface area contributed by atoms with Gasteiger partial charge in [0, 0.05) is 18.7 Å². The van der Waals surface area contributed by atoms with Crippen molar-refractivity contribution < 1.29 is 9.59 Å². The molecule has 1 saturated heterocycles. The van der Waals surface area contributed by atoms with Crippen molar-refractivity contribution in [2.45, 2.75) is 32.2 Å². The van der Waals surface area contributed by atoms with Crippen LogP contribution >= 0.6 is 0 Å². The Morgan fingerprint density at radius 2 is 1.58 bits per heavy atom. The van der Waals surface area contributed by atoms with E-state index in [4.69, 9.17) is 0 Å². The molecule has 0 saturated carbocycles. The van der Waals surface area contributed by atoms with E-state index >= 15 is 0 Å². The molecule has 2 atom stereocenters. The van der Waals surface area contributed by atoms with E-state index in [9.17, 15) is 9.59 Å². The van der Waals surface area contributed by atoms with Crippen LogP contribution in [0.15, 0.2) is 84.9 Å². The molecule has 0 aliphatic carbocycles. The maximum atomic E-state index is 13.2. The first-order valence-electron chi connectivity index (χ1n) is 10.9. The number of nitrogens with zero attached hydrogens (tertiary/aromatic N) is 1. The average molecular weight is 413 g/mol. The fourth-order valence-electron chi connectivity index (χ4n) is 4.12. The quantitative estimate of drug-likeness (QED) is 0.611. The smallest absolute Gasteiger partial charge is 0.227 e. The Morgan fingerprint density at radius 1 is 0.935 bits per heavy atom. The normalized spacial score (nSPS) is 16.9. The van der Waals surface area contributed by atoms with E-state index in [1.807, 2.05) is 72.8 Å². The molecular weight excluding hydrogens is 384 g/mol. The molecule has 4 rings (SSSR count). The molecule has 4 nitrogen and oxygen atoms in total. The minimum absolute atomic E-state index is 0.00344. The maximum absolute atomic E-state index is 13.2. The van der Waals surface area contributed by atoms with Crippen LogP contribution in [0, 0.1) is 5.92 Å². The summed E-state index contributed by atoms with van der Waals surface area (Å²) in [6.45, 7) is 2.53. The van der Waals surface area contributed by atoms with Gasteiger partial charge in [-0.05, 0) is 41.7 Å². The molecule has 2 amide bonds. The molecule has 1 fully saturated rings. The highest BCUT2D eigenvalue weighted by Crippen LogP contribution is 2.27. The van der Waals surface area contributed by atoms with Gasteiger partial charge < -0.3 is 10.2 Å². The summed E-state index contributed by atoms with van der Waals surface area (Å²) in [5.41, 5.74) is 4.32. The largest absolute Gasteiger partial charge is 0.349 e. The number of hydrogen-bond donors (Lipinski definition) is 1. The summed E-state index contributed by atoms with van der Waals surface area (Å²) in [7, 11) is 0. The zero-order valence-corrected chi connectivity index (χ0v) is 17.8. The summed E-state index contributed by atoms with van der Waals surface area (Å²) in [5.74, 6) is -0.408. The Morgan fingerprint density at radius 3 is 2.23 bits per heavy atom. The lowest BCUT2D eigenvalue weighted by Crippen LogP contribution is -2.36. The zero-order chi connectivity index (χ0) is 21.6. The Kier molecular flexibility index (Phi) is 6.46. The van der Waals surface area contributed by atoms with Gasteiger partial charge in [0.2, 0.25) is 11.8 Å². The zero-order valence-electron chi connectivity index (χ0n) is 17.8. The lowest BCUT2D eigenvalue weighted by Gasteiger charge is -2.22. The van der Waals surface area contributed by atoms with Gasteiger partial charge in [0.25, 0.3) is 0 Å². The van der Waals surface area contributed by atoms with Crippen molar-refractivity contribution in [2.75, 3.05) is 11.4 Å². The monoisotopic (exact) mass is 412 g/mol. The molecule has 3 aromatic rings. The Bertz CT molecular complexity index is 1020. The number of rotatable bonds is 7. The van der Waals surface area contributed by atoms with Gasteiger partial charge in [0.1, 0.15) is 0 Å². The molecule has 1 N–H and O–H groups in total. The van der Waals surface area contributed by atoms with Crippen molar-refractivity contribution in [3.8, 4) is 0 Å². The van der Waals surface area contributed by atoms with Gasteiger partial charge in [0.05, 0.1) is 12.0 Å². The highest BCUT2D eigenvalue weighted by Gasteiger charge is 2.36. The molecule has 0 radical (unpaired) electrons. The summed E-state index contributed by atoms with van der Waals surface area (Å²) in [6, 6.07) is 28.1. The molecule has 0 bridgehead atoms. The maximum Gasteiger partial charge on any atom is 0.227 e. The number of amides is 2. The molecule has 4 heteroatoms. The van der Waals surface area contributed by atoms with Crippen LogP contribution in [0.2, 0.25) is 0 Å². The van der Waals surface area contributed by atoms with Gasteiger partial charge in [-0.3, -0.25) is 9.59 Å². The highest BCUT2D eigenvalue weighted by molar-refractivity contribution is 6.00. The van der Waals surface area contributed by atoms with E-state index in [1.165, 1.54) is 5.56 Å². The van der Waals surface area contributed by atoms with Crippen LogP contribution in [-0.2, 0) is 22.4 Å². The van der Waals surface area contributed by atoms with Crippen molar-refractivity contribution in [3.63, 3.8) is 0 Å². The third-order valence-corrected chi connectivity index (χ3v) is 5.95. The van der Waals surface area contributed by atoms with Crippen LogP contribution in [0.1, 0.15) is 36.1 Å². The van der Waals surface area contributed by atoms with Crippen molar-refractivity contribution >= 4 is 17.5 Å². The minimum atomic E-state index is -0.347. The van der Waals surface area contributed by atoms with Crippen molar-refractivity contribution in [1.82, 2.24) is 5.32 Å². The van der Waals surface area contributed by atoms with E-state index < -0.39 is 0 Å². The molecule has 0 unspecified atom stereocenters. The second kappa shape index (κ2) is 9.61. The van der Waals surface area contributed by atoms with Crippen molar-refractivity contribution in [1.29, 1.82) is 0 Å². The van der Waals surface area contributed by atoms with Crippen LogP contribution in [-0.4, -0.2) is 18.4 Å².